The van der Waals surface area contributed by atoms with Crippen LogP contribution in [0.25, 0.3) is 5.69 Å². The van der Waals surface area contributed by atoms with Gasteiger partial charge in [-0.25, -0.2) is 4.68 Å². The molecule has 0 aliphatic rings. The number of rotatable bonds is 6. The minimum Gasteiger partial charge on any atom is -0.318 e. The van der Waals surface area contributed by atoms with E-state index in [4.69, 9.17) is 0 Å². The number of aromatic nitrogens is 2. The summed E-state index contributed by atoms with van der Waals surface area (Å²) in [5.74, 6) is 0. The lowest BCUT2D eigenvalue weighted by atomic mass is 10.2. The van der Waals surface area contributed by atoms with E-state index in [0.29, 0.717) is 0 Å². The molecule has 0 saturated carbocycles. The summed E-state index contributed by atoms with van der Waals surface area (Å²) in [5, 5.41) is 10.7. The van der Waals surface area contributed by atoms with Crippen molar-refractivity contribution in [2.45, 2.75) is 6.54 Å². The summed E-state index contributed by atoms with van der Waals surface area (Å²) in [4.78, 5) is 0. The van der Waals surface area contributed by atoms with Gasteiger partial charge in [0.15, 0.2) is 0 Å². The van der Waals surface area contributed by atoms with E-state index in [9.17, 15) is 0 Å². The molecule has 90 valence electrons. The van der Waals surface area contributed by atoms with Crippen LogP contribution in [0.1, 0.15) is 5.56 Å². The van der Waals surface area contributed by atoms with Crippen LogP contribution in [-0.4, -0.2) is 29.9 Å². The Labute approximate surface area is 102 Å². The van der Waals surface area contributed by atoms with Crippen LogP contribution in [-0.2, 0) is 6.54 Å². The summed E-state index contributed by atoms with van der Waals surface area (Å²) in [6.07, 6.45) is 3.74. The standard InChI is InChI=1S/C13H18N4/c1-14-7-8-15-11-12-4-2-5-13(10-12)17-9-3-6-16-17/h2-6,9-10,14-15H,7-8,11H2,1H3. The molecule has 0 atom stereocenters. The highest BCUT2D eigenvalue weighted by molar-refractivity contribution is 5.34. The maximum absolute atomic E-state index is 4.22. The number of benzene rings is 1. The first-order valence-electron chi connectivity index (χ1n) is 5.84. The van der Waals surface area contributed by atoms with E-state index < -0.39 is 0 Å². The predicted octanol–water partition coefficient (Wildman–Crippen LogP) is 1.18. The summed E-state index contributed by atoms with van der Waals surface area (Å²) in [6, 6.07) is 10.3. The van der Waals surface area contributed by atoms with Gasteiger partial charge in [0.2, 0.25) is 0 Å². The van der Waals surface area contributed by atoms with Crippen LogP contribution in [0.15, 0.2) is 42.7 Å². The van der Waals surface area contributed by atoms with Crippen molar-refractivity contribution in [3.63, 3.8) is 0 Å². The van der Waals surface area contributed by atoms with Crippen molar-refractivity contribution in [2.24, 2.45) is 0 Å². The predicted molar refractivity (Wildman–Crippen MR) is 69.2 cm³/mol. The molecule has 1 aromatic heterocycles. The van der Waals surface area contributed by atoms with Gasteiger partial charge < -0.3 is 10.6 Å². The molecular formula is C13H18N4. The fraction of sp³-hybridized carbons (Fsp3) is 0.308. The Morgan fingerprint density at radius 2 is 2.18 bits per heavy atom. The van der Waals surface area contributed by atoms with Gasteiger partial charge in [0.25, 0.3) is 0 Å². The molecule has 1 aromatic carbocycles. The fourth-order valence-electron chi connectivity index (χ4n) is 1.68. The number of hydrogen-bond donors (Lipinski definition) is 2. The fourth-order valence-corrected chi connectivity index (χ4v) is 1.68. The first kappa shape index (κ1) is 11.8. The van der Waals surface area contributed by atoms with Crippen LogP contribution in [0, 0.1) is 0 Å². The largest absolute Gasteiger partial charge is 0.318 e. The molecule has 0 unspecified atom stereocenters. The van der Waals surface area contributed by atoms with Gasteiger partial charge in [0, 0.05) is 32.0 Å². The molecule has 0 aliphatic heterocycles. The van der Waals surface area contributed by atoms with Gasteiger partial charge in [-0.1, -0.05) is 12.1 Å². The third-order valence-corrected chi connectivity index (χ3v) is 2.56. The summed E-state index contributed by atoms with van der Waals surface area (Å²) in [6.45, 7) is 2.85. The first-order chi connectivity index (χ1) is 8.40. The van der Waals surface area contributed by atoms with Crippen LogP contribution in [0.5, 0.6) is 0 Å². The Bertz CT molecular complexity index is 436. The Hall–Kier alpha value is -1.65. The van der Waals surface area contributed by atoms with E-state index in [-0.39, 0.29) is 0 Å². The highest BCUT2D eigenvalue weighted by Crippen LogP contribution is 2.09. The van der Waals surface area contributed by atoms with Gasteiger partial charge in [0.1, 0.15) is 0 Å². The smallest absolute Gasteiger partial charge is 0.0648 e. The van der Waals surface area contributed by atoms with Crippen LogP contribution in [0.2, 0.25) is 0 Å². The monoisotopic (exact) mass is 230 g/mol. The summed E-state index contributed by atoms with van der Waals surface area (Å²) < 4.78 is 1.87. The lowest BCUT2D eigenvalue weighted by Crippen LogP contribution is -2.24. The molecule has 17 heavy (non-hydrogen) atoms. The van der Waals surface area contributed by atoms with Crippen molar-refractivity contribution in [1.82, 2.24) is 20.4 Å². The first-order valence-corrected chi connectivity index (χ1v) is 5.84. The van der Waals surface area contributed by atoms with Gasteiger partial charge in [0.05, 0.1) is 5.69 Å². The minimum atomic E-state index is 0.886. The van der Waals surface area contributed by atoms with E-state index in [1.807, 2.05) is 24.0 Å². The maximum atomic E-state index is 4.22. The molecule has 2 aromatic rings. The van der Waals surface area contributed by atoms with Crippen molar-refractivity contribution < 1.29 is 0 Å². The van der Waals surface area contributed by atoms with E-state index in [1.165, 1.54) is 5.56 Å². The van der Waals surface area contributed by atoms with Crippen LogP contribution in [0.3, 0.4) is 0 Å². The van der Waals surface area contributed by atoms with Crippen molar-refractivity contribution in [1.29, 1.82) is 0 Å². The average Bonchev–Trinajstić information content (AvgIpc) is 2.89. The molecule has 2 rings (SSSR count). The normalized spacial score (nSPS) is 10.6. The number of nitrogens with zero attached hydrogens (tertiary/aromatic N) is 2. The average molecular weight is 230 g/mol. The minimum absolute atomic E-state index is 0.886. The van der Waals surface area contributed by atoms with E-state index in [1.54, 1.807) is 6.20 Å². The van der Waals surface area contributed by atoms with E-state index in [0.717, 1.165) is 25.3 Å². The molecule has 0 spiro atoms. The van der Waals surface area contributed by atoms with Crippen LogP contribution < -0.4 is 10.6 Å². The second kappa shape index (κ2) is 6.18. The van der Waals surface area contributed by atoms with Crippen molar-refractivity contribution in [2.75, 3.05) is 20.1 Å². The highest BCUT2D eigenvalue weighted by atomic mass is 15.3. The Balaban J connectivity index is 1.97. The van der Waals surface area contributed by atoms with Crippen molar-refractivity contribution >= 4 is 0 Å². The molecule has 0 amide bonds. The second-order valence-electron chi connectivity index (χ2n) is 3.90. The topological polar surface area (TPSA) is 41.9 Å². The molecule has 4 nitrogen and oxygen atoms in total. The molecule has 0 aliphatic carbocycles. The van der Waals surface area contributed by atoms with Crippen molar-refractivity contribution in [3.8, 4) is 5.69 Å². The Kier molecular flexibility index (Phi) is 4.30. The lowest BCUT2D eigenvalue weighted by Gasteiger charge is -2.07. The molecule has 0 bridgehead atoms. The lowest BCUT2D eigenvalue weighted by molar-refractivity contribution is 0.650. The Morgan fingerprint density at radius 1 is 1.24 bits per heavy atom. The Morgan fingerprint density at radius 3 is 2.94 bits per heavy atom. The van der Waals surface area contributed by atoms with Crippen LogP contribution in [0.4, 0.5) is 0 Å². The number of hydrogen-bond acceptors (Lipinski definition) is 3. The zero-order valence-electron chi connectivity index (χ0n) is 10.1. The van der Waals surface area contributed by atoms with Gasteiger partial charge in [-0.2, -0.15) is 5.10 Å². The number of nitrogens with one attached hydrogen (secondary N) is 2. The molecular weight excluding hydrogens is 212 g/mol. The molecule has 2 N–H and O–H groups in total. The van der Waals surface area contributed by atoms with Gasteiger partial charge >= 0.3 is 0 Å². The zero-order chi connectivity index (χ0) is 11.9. The molecule has 0 fully saturated rings. The zero-order valence-corrected chi connectivity index (χ0v) is 10.1. The quantitative estimate of drug-likeness (QED) is 0.732. The summed E-state index contributed by atoms with van der Waals surface area (Å²) >= 11 is 0. The summed E-state index contributed by atoms with van der Waals surface area (Å²) in [5.41, 5.74) is 2.37. The van der Waals surface area contributed by atoms with Gasteiger partial charge in [-0.05, 0) is 30.8 Å². The highest BCUT2D eigenvalue weighted by Gasteiger charge is 1.98. The summed E-state index contributed by atoms with van der Waals surface area (Å²) in [7, 11) is 1.96. The van der Waals surface area contributed by atoms with E-state index in [2.05, 4.69) is 40.0 Å². The third-order valence-electron chi connectivity index (χ3n) is 2.56. The van der Waals surface area contributed by atoms with E-state index >= 15 is 0 Å². The third kappa shape index (κ3) is 3.41. The molecule has 1 heterocycles. The van der Waals surface area contributed by atoms with Gasteiger partial charge in [-0.3, -0.25) is 0 Å². The molecule has 0 radical (unpaired) electrons. The second-order valence-corrected chi connectivity index (χ2v) is 3.90. The van der Waals surface area contributed by atoms with Crippen molar-refractivity contribution in [3.05, 3.63) is 48.3 Å². The molecule has 4 heteroatoms. The van der Waals surface area contributed by atoms with Gasteiger partial charge in [-0.15, -0.1) is 0 Å². The molecule has 0 saturated heterocycles. The number of likely N-dealkylation sites (N-methyl/N-ethyl adjacent to an activating group) is 1. The van der Waals surface area contributed by atoms with Crippen LogP contribution >= 0.6 is 0 Å². The maximum Gasteiger partial charge on any atom is 0.0648 e. The SMILES string of the molecule is CNCCNCc1cccc(-n2cccn2)c1.